The lowest BCUT2D eigenvalue weighted by atomic mass is 10.0. The molecule has 0 saturated heterocycles. The van der Waals surface area contributed by atoms with Gasteiger partial charge in [-0.2, -0.15) is 5.10 Å². The average Bonchev–Trinajstić information content (AvgIpc) is 2.63. The molecule has 0 aliphatic carbocycles. The molecule has 17 heavy (non-hydrogen) atoms. The summed E-state index contributed by atoms with van der Waals surface area (Å²) in [6.07, 6.45) is 3.51. The molecule has 0 fully saturated rings. The standard InChI is InChI=1S/C12H16N4O/c1-7(2)10-8(3)14-11(15-12(10)17)9-5-13-16(4)6-9/h5-7H,1-4H3,(H,14,15,17). The average molecular weight is 232 g/mol. The molecule has 0 spiro atoms. The van der Waals surface area contributed by atoms with Crippen LogP contribution >= 0.6 is 0 Å². The lowest BCUT2D eigenvalue weighted by Gasteiger charge is -2.08. The summed E-state index contributed by atoms with van der Waals surface area (Å²) < 4.78 is 1.68. The number of hydrogen-bond acceptors (Lipinski definition) is 3. The van der Waals surface area contributed by atoms with E-state index in [1.807, 2.05) is 34.0 Å². The monoisotopic (exact) mass is 232 g/mol. The number of H-pyrrole nitrogens is 1. The van der Waals surface area contributed by atoms with Crippen molar-refractivity contribution in [2.24, 2.45) is 7.05 Å². The minimum Gasteiger partial charge on any atom is -0.306 e. The molecule has 90 valence electrons. The van der Waals surface area contributed by atoms with Crippen LogP contribution in [0.4, 0.5) is 0 Å². The molecule has 0 saturated carbocycles. The summed E-state index contributed by atoms with van der Waals surface area (Å²) in [4.78, 5) is 19.2. The lowest BCUT2D eigenvalue weighted by Crippen LogP contribution is -2.18. The van der Waals surface area contributed by atoms with Gasteiger partial charge in [0.1, 0.15) is 5.82 Å². The summed E-state index contributed by atoms with van der Waals surface area (Å²) in [6.45, 7) is 5.84. The second kappa shape index (κ2) is 4.16. The van der Waals surface area contributed by atoms with Gasteiger partial charge in [0.25, 0.3) is 5.56 Å². The first-order valence-corrected chi connectivity index (χ1v) is 5.59. The Morgan fingerprint density at radius 3 is 2.59 bits per heavy atom. The van der Waals surface area contributed by atoms with Crippen LogP contribution in [-0.4, -0.2) is 19.7 Å². The predicted octanol–water partition coefficient (Wildman–Crippen LogP) is 1.60. The summed E-state index contributed by atoms with van der Waals surface area (Å²) in [5, 5.41) is 4.06. The van der Waals surface area contributed by atoms with Crippen LogP contribution < -0.4 is 5.56 Å². The highest BCUT2D eigenvalue weighted by Gasteiger charge is 2.12. The first-order valence-electron chi connectivity index (χ1n) is 5.59. The fraction of sp³-hybridized carbons (Fsp3) is 0.417. The maximum Gasteiger partial charge on any atom is 0.254 e. The van der Waals surface area contributed by atoms with Crippen LogP contribution in [0.1, 0.15) is 31.0 Å². The molecule has 2 aromatic heterocycles. The second-order valence-corrected chi connectivity index (χ2v) is 4.47. The van der Waals surface area contributed by atoms with Gasteiger partial charge >= 0.3 is 0 Å². The molecule has 2 heterocycles. The Balaban J connectivity index is 2.57. The second-order valence-electron chi connectivity index (χ2n) is 4.47. The largest absolute Gasteiger partial charge is 0.306 e. The number of aromatic amines is 1. The van der Waals surface area contributed by atoms with Crippen LogP contribution in [0.15, 0.2) is 17.2 Å². The third-order valence-corrected chi connectivity index (χ3v) is 2.70. The molecule has 1 N–H and O–H groups in total. The summed E-state index contributed by atoms with van der Waals surface area (Å²) in [7, 11) is 1.83. The highest BCUT2D eigenvalue weighted by Crippen LogP contribution is 2.16. The highest BCUT2D eigenvalue weighted by molar-refractivity contribution is 5.52. The number of nitrogens with one attached hydrogen (secondary N) is 1. The number of aryl methyl sites for hydroxylation is 2. The Bertz CT molecular complexity index is 595. The molecular weight excluding hydrogens is 216 g/mol. The Morgan fingerprint density at radius 1 is 1.41 bits per heavy atom. The minimum absolute atomic E-state index is 0.0636. The van der Waals surface area contributed by atoms with Crippen molar-refractivity contribution >= 4 is 0 Å². The van der Waals surface area contributed by atoms with E-state index in [0.717, 1.165) is 16.8 Å². The zero-order valence-corrected chi connectivity index (χ0v) is 10.5. The quantitative estimate of drug-likeness (QED) is 0.855. The van der Waals surface area contributed by atoms with E-state index in [4.69, 9.17) is 0 Å². The molecule has 2 rings (SSSR count). The van der Waals surface area contributed by atoms with Gasteiger partial charge in [-0.25, -0.2) is 4.98 Å². The van der Waals surface area contributed by atoms with Crippen molar-refractivity contribution in [3.63, 3.8) is 0 Å². The number of hydrogen-bond donors (Lipinski definition) is 1. The normalized spacial score (nSPS) is 11.1. The predicted molar refractivity (Wildman–Crippen MR) is 65.9 cm³/mol. The SMILES string of the molecule is Cc1nc(-c2cnn(C)c2)[nH]c(=O)c1C(C)C. The molecule has 0 unspecified atom stereocenters. The summed E-state index contributed by atoms with van der Waals surface area (Å²) >= 11 is 0. The van der Waals surface area contributed by atoms with Crippen LogP contribution in [-0.2, 0) is 7.05 Å². The van der Waals surface area contributed by atoms with Crippen LogP contribution in [0.2, 0.25) is 0 Å². The van der Waals surface area contributed by atoms with Crippen molar-refractivity contribution < 1.29 is 0 Å². The van der Waals surface area contributed by atoms with E-state index in [9.17, 15) is 4.79 Å². The Labute approximate surface area is 99.5 Å². The number of rotatable bonds is 2. The van der Waals surface area contributed by atoms with E-state index < -0.39 is 0 Å². The van der Waals surface area contributed by atoms with Crippen molar-refractivity contribution in [3.8, 4) is 11.4 Å². The molecule has 0 aliphatic heterocycles. The first kappa shape index (κ1) is 11.6. The maximum absolute atomic E-state index is 12.0. The molecule has 2 aromatic rings. The topological polar surface area (TPSA) is 63.6 Å². The summed E-state index contributed by atoms with van der Waals surface area (Å²) in [6, 6.07) is 0. The van der Waals surface area contributed by atoms with Crippen molar-refractivity contribution in [2.45, 2.75) is 26.7 Å². The highest BCUT2D eigenvalue weighted by atomic mass is 16.1. The zero-order chi connectivity index (χ0) is 12.6. The Morgan fingerprint density at radius 2 is 2.12 bits per heavy atom. The van der Waals surface area contributed by atoms with Crippen molar-refractivity contribution in [2.75, 3.05) is 0 Å². The molecule has 0 atom stereocenters. The molecule has 0 amide bonds. The first-order chi connectivity index (χ1) is 7.99. The van der Waals surface area contributed by atoms with Crippen LogP contribution in [0.5, 0.6) is 0 Å². The van der Waals surface area contributed by atoms with Gasteiger partial charge in [0.15, 0.2) is 0 Å². The van der Waals surface area contributed by atoms with Crippen LogP contribution in [0, 0.1) is 6.92 Å². The van der Waals surface area contributed by atoms with Gasteiger partial charge < -0.3 is 4.98 Å². The van der Waals surface area contributed by atoms with Gasteiger partial charge in [-0.05, 0) is 12.8 Å². The molecule has 0 aliphatic rings. The molecule has 0 bridgehead atoms. The van der Waals surface area contributed by atoms with Gasteiger partial charge in [-0.1, -0.05) is 13.8 Å². The van der Waals surface area contributed by atoms with Gasteiger partial charge in [-0.15, -0.1) is 0 Å². The molecule has 5 nitrogen and oxygen atoms in total. The smallest absolute Gasteiger partial charge is 0.254 e. The fourth-order valence-corrected chi connectivity index (χ4v) is 1.96. The number of aromatic nitrogens is 4. The van der Waals surface area contributed by atoms with E-state index in [1.165, 1.54) is 0 Å². The molecule has 5 heteroatoms. The summed E-state index contributed by atoms with van der Waals surface area (Å²) in [5.74, 6) is 0.749. The van der Waals surface area contributed by atoms with Crippen molar-refractivity contribution in [1.29, 1.82) is 0 Å². The minimum atomic E-state index is -0.0636. The number of nitrogens with zero attached hydrogens (tertiary/aromatic N) is 3. The van der Waals surface area contributed by atoms with Crippen molar-refractivity contribution in [3.05, 3.63) is 34.0 Å². The fourth-order valence-electron chi connectivity index (χ4n) is 1.96. The van der Waals surface area contributed by atoms with E-state index in [0.29, 0.717) is 5.82 Å². The van der Waals surface area contributed by atoms with Gasteiger partial charge in [-0.3, -0.25) is 9.48 Å². The maximum atomic E-state index is 12.0. The lowest BCUT2D eigenvalue weighted by molar-refractivity contribution is 0.767. The van der Waals surface area contributed by atoms with Crippen molar-refractivity contribution in [1.82, 2.24) is 19.7 Å². The van der Waals surface area contributed by atoms with Crippen LogP contribution in [0.3, 0.4) is 0 Å². The Hall–Kier alpha value is -1.91. The van der Waals surface area contributed by atoms with Gasteiger partial charge in [0.2, 0.25) is 0 Å². The van der Waals surface area contributed by atoms with Gasteiger partial charge in [0, 0.05) is 24.5 Å². The molecule has 0 aromatic carbocycles. The van der Waals surface area contributed by atoms with Crippen LogP contribution in [0.25, 0.3) is 11.4 Å². The van der Waals surface area contributed by atoms with E-state index >= 15 is 0 Å². The van der Waals surface area contributed by atoms with E-state index in [2.05, 4.69) is 15.1 Å². The summed E-state index contributed by atoms with van der Waals surface area (Å²) in [5.41, 5.74) is 2.29. The van der Waals surface area contributed by atoms with E-state index in [-0.39, 0.29) is 11.5 Å². The third kappa shape index (κ3) is 2.13. The van der Waals surface area contributed by atoms with E-state index in [1.54, 1.807) is 10.9 Å². The third-order valence-electron chi connectivity index (χ3n) is 2.70. The van der Waals surface area contributed by atoms with Gasteiger partial charge in [0.05, 0.1) is 11.8 Å². The molecular formula is C12H16N4O. The Kier molecular flexibility index (Phi) is 2.83. The molecule has 0 radical (unpaired) electrons. The zero-order valence-electron chi connectivity index (χ0n) is 10.5.